The third kappa shape index (κ3) is 50.1. The molecule has 0 aliphatic rings. The monoisotopic (exact) mass is 1580 g/mol. The molecule has 4 atom stereocenters. The Morgan fingerprint density at radius 1 is 0.533 bits per heavy atom. The minimum absolute atomic E-state index is 0. The number of halogens is 3. The van der Waals surface area contributed by atoms with Gasteiger partial charge < -0.3 is 106 Å². The number of nitro benzene ring substituents is 4. The number of non-ortho nitro benzene ring substituents is 2. The predicted octanol–water partition coefficient (Wildman–Crippen LogP) is -0.385. The molecule has 0 heterocycles. The molecule has 0 saturated heterocycles. The van der Waals surface area contributed by atoms with Crippen molar-refractivity contribution in [3.05, 3.63) is 107 Å². The molecule has 0 spiro atoms. The number of nitrogens with zero attached hydrogens (tertiary/aromatic N) is 6. The van der Waals surface area contributed by atoms with Crippen LogP contribution in [0.1, 0.15) is 96.8 Å². The van der Waals surface area contributed by atoms with Crippen LogP contribution in [0.15, 0.2) is 61.2 Å². The highest BCUT2D eigenvalue weighted by atomic mass is 35.5. The summed E-state index contributed by atoms with van der Waals surface area (Å²) in [6, 6.07) is 6.10. The first kappa shape index (κ1) is 99.9. The van der Waals surface area contributed by atoms with Gasteiger partial charge in [-0.05, 0) is 69.9 Å². The molecule has 4 amide bonds. The highest BCUT2D eigenvalue weighted by molar-refractivity contribution is 6.28. The normalized spacial score (nSPS) is 11.6. The third-order valence-corrected chi connectivity index (χ3v) is 15.2. The standard InChI is InChI=1S/C33H51N9O11.C32H51ClN8O11.2ClH/c1-24(33(46)39-22-28(43)20-26(31(44)23-40-35)6-3-11-36-25(2)34)7-10-32(45)38-13-5-15-52-17-19-53-18-16-51-14-4-12-37-29-9-8-27(41(47)48)21-30(29)42(49)50;1-23(34)36-10-2-5-24(30(43)21-33)19-26(42)22-39-32(45)27(35)7-9-31(44)38-12-4-14-51-16-18-52-17-15-50-13-3-11-37-28-8-6-25(40(46)47)20-29(28)41(48)49;;/h8-9,21,23-24,26,36-37H,2-7,10-20,22,34H2,1H3,(H,38,45)(H,39,46);6,8,20,24,27,36-37H,1-5,7,9-19,21-22,34-35H2,(H,38,44)(H,39,45);2*1H/t24-,26+;24-,27+;;/m01../s1. The van der Waals surface area contributed by atoms with Crippen molar-refractivity contribution in [1.82, 2.24) is 31.9 Å². The number of hydrogen-bond donors (Lipinski definition) is 11. The highest BCUT2D eigenvalue weighted by Gasteiger charge is 2.27. The lowest BCUT2D eigenvalue weighted by molar-refractivity contribution is -0.404. The van der Waals surface area contributed by atoms with Gasteiger partial charge in [-0.2, -0.15) is 4.79 Å². The van der Waals surface area contributed by atoms with Gasteiger partial charge in [0.2, 0.25) is 23.5 Å². The van der Waals surface area contributed by atoms with E-state index in [4.69, 9.17) is 57.0 Å². The second-order valence-electron chi connectivity index (χ2n) is 23.5. The van der Waals surface area contributed by atoms with Crippen LogP contribution in [-0.4, -0.2) is 221 Å². The number of carbonyl (C=O) groups is 8. The number of ketones is 4. The zero-order valence-corrected chi connectivity index (χ0v) is 62.5. The van der Waals surface area contributed by atoms with Crippen molar-refractivity contribution in [2.24, 2.45) is 29.2 Å². The molecular weight excluding hydrogens is 1480 g/mol. The molecule has 2 aromatic carbocycles. The summed E-state index contributed by atoms with van der Waals surface area (Å²) >= 11 is 5.69. The Kier molecular flexibility index (Phi) is 57.8. The summed E-state index contributed by atoms with van der Waals surface area (Å²) in [7, 11) is 0. The lowest BCUT2D eigenvalue weighted by Gasteiger charge is -2.15. The van der Waals surface area contributed by atoms with Crippen molar-refractivity contribution in [3.63, 3.8) is 0 Å². The van der Waals surface area contributed by atoms with Gasteiger partial charge in [0.15, 0.2) is 23.4 Å². The Hall–Kier alpha value is -9.15. The summed E-state index contributed by atoms with van der Waals surface area (Å²) < 4.78 is 32.8. The van der Waals surface area contributed by atoms with Crippen LogP contribution < -0.4 is 72.1 Å². The third-order valence-electron chi connectivity index (χ3n) is 15.0. The lowest BCUT2D eigenvalue weighted by Crippen LogP contribution is -3.00. The number of ether oxygens (including phenoxy) is 6. The number of alkyl halides is 1. The molecule has 15 N–H and O–H groups in total. The van der Waals surface area contributed by atoms with Gasteiger partial charge >= 0.3 is 6.21 Å². The fourth-order valence-electron chi connectivity index (χ4n) is 9.21. The minimum Gasteiger partial charge on any atom is -1.00 e. The van der Waals surface area contributed by atoms with Crippen molar-refractivity contribution in [2.45, 2.75) is 103 Å². The molecule has 42 heteroatoms. The fraction of sp³-hybridized carbons (Fsp3) is 0.615. The number of quaternary nitrogens is 1. The summed E-state index contributed by atoms with van der Waals surface area (Å²) in [4.78, 5) is 142. The summed E-state index contributed by atoms with van der Waals surface area (Å²) in [5, 5.41) is 66.1. The first-order valence-electron chi connectivity index (χ1n) is 34.1. The second-order valence-corrected chi connectivity index (χ2v) is 23.8. The summed E-state index contributed by atoms with van der Waals surface area (Å²) in [6.07, 6.45) is 5.41. The summed E-state index contributed by atoms with van der Waals surface area (Å²) in [6.45, 7) is 15.1. The van der Waals surface area contributed by atoms with Gasteiger partial charge in [-0.15, -0.1) is 24.0 Å². The number of benzene rings is 2. The number of rotatable bonds is 64. The van der Waals surface area contributed by atoms with Crippen molar-refractivity contribution in [1.29, 1.82) is 0 Å². The second kappa shape index (κ2) is 61.9. The molecule has 107 heavy (non-hydrogen) atoms. The summed E-state index contributed by atoms with van der Waals surface area (Å²) in [5.41, 5.74) is 22.3. The SMILES string of the molecule is C=C(N)NCCC[C@H](CC(=O)CNC(=O)[C@@H](C)CCC(=O)NCCCOCCOCCOCCCNc1ccc([N+](=O)[O-])cc1[N+](=O)[O-])C(=O)C=[N+]=[N-].C=C(N)NCCC[C@H](CC(=O)CNC(=O)[C@@H]([NH3+])CCC(=O)NCCCOCCOCCOCCCNc1ccc([N+](=O)[O-])cc1[N+](=O)[O-])C(=O)CCl.Cl.[Cl-]. The Morgan fingerprint density at radius 3 is 1.28 bits per heavy atom. The van der Waals surface area contributed by atoms with Gasteiger partial charge in [0, 0.05) is 128 Å². The number of amides is 4. The van der Waals surface area contributed by atoms with Gasteiger partial charge in [-0.25, -0.2) is 0 Å². The molecule has 0 bridgehead atoms. The number of Topliss-reactive ketones (excluding diaryl/α,β-unsaturated/α-hetero) is 4. The van der Waals surface area contributed by atoms with Crippen LogP contribution in [0, 0.1) is 58.2 Å². The number of carbonyl (C=O) groups excluding carboxylic acids is 8. The van der Waals surface area contributed by atoms with E-state index >= 15 is 0 Å². The topological polar surface area (TPSA) is 577 Å². The van der Waals surface area contributed by atoms with Crippen LogP contribution in [0.2, 0.25) is 0 Å². The van der Waals surface area contributed by atoms with Crippen LogP contribution >= 0.6 is 24.0 Å². The zero-order valence-electron chi connectivity index (χ0n) is 60.2. The van der Waals surface area contributed by atoms with E-state index in [0.717, 1.165) is 18.3 Å². The van der Waals surface area contributed by atoms with Crippen LogP contribution in [0.4, 0.5) is 34.1 Å². The first-order valence-corrected chi connectivity index (χ1v) is 34.7. The average molecular weight is 1580 g/mol. The molecule has 0 saturated carbocycles. The molecule has 602 valence electrons. The molecule has 0 fully saturated rings. The highest BCUT2D eigenvalue weighted by Crippen LogP contribution is 2.30. The molecule has 39 nitrogen and oxygen atoms in total. The number of hydrogen-bond acceptors (Lipinski definition) is 28. The van der Waals surface area contributed by atoms with E-state index in [0.29, 0.717) is 176 Å². The van der Waals surface area contributed by atoms with Crippen molar-refractivity contribution < 1.29 is 109 Å². The molecule has 0 unspecified atom stereocenters. The van der Waals surface area contributed by atoms with Gasteiger partial charge in [-0.1, -0.05) is 20.1 Å². The van der Waals surface area contributed by atoms with E-state index in [1.54, 1.807) is 6.92 Å². The number of nitro groups is 4. The van der Waals surface area contributed by atoms with Gasteiger partial charge in [0.05, 0.1) is 115 Å². The zero-order chi connectivity index (χ0) is 78.2. The Bertz CT molecular complexity index is 3160. The summed E-state index contributed by atoms with van der Waals surface area (Å²) in [5.74, 6) is -4.08. The van der Waals surface area contributed by atoms with E-state index in [2.05, 4.69) is 66.2 Å². The van der Waals surface area contributed by atoms with Gasteiger partial charge in [-0.3, -0.25) is 78.8 Å². The van der Waals surface area contributed by atoms with Crippen molar-refractivity contribution >= 4 is 111 Å². The predicted molar refractivity (Wildman–Crippen MR) is 391 cm³/mol. The number of nitrogens with two attached hydrogens (primary N) is 2. The smallest absolute Gasteiger partial charge is 0.323 e. The van der Waals surface area contributed by atoms with Crippen molar-refractivity contribution in [3.8, 4) is 0 Å². The maximum atomic E-state index is 12.4. The molecule has 0 aromatic heterocycles. The van der Waals surface area contributed by atoms with E-state index in [-0.39, 0.29) is 157 Å². The van der Waals surface area contributed by atoms with Crippen molar-refractivity contribution in [2.75, 3.05) is 148 Å². The fourth-order valence-corrected chi connectivity index (χ4v) is 9.43. The number of nitrogens with one attached hydrogen (secondary N) is 8. The molecule has 0 aliphatic heterocycles. The molecule has 2 aromatic rings. The minimum atomic E-state index is -0.735. The van der Waals surface area contributed by atoms with Crippen LogP contribution in [0.5, 0.6) is 0 Å². The van der Waals surface area contributed by atoms with E-state index in [1.165, 1.54) is 24.3 Å². The van der Waals surface area contributed by atoms with Gasteiger partial charge in [0.1, 0.15) is 11.4 Å². The molecule has 2 rings (SSSR count). The van der Waals surface area contributed by atoms with Crippen LogP contribution in [0.25, 0.3) is 5.53 Å². The maximum absolute atomic E-state index is 12.4. The maximum Gasteiger partial charge on any atom is 0.323 e. The van der Waals surface area contributed by atoms with E-state index in [1.807, 2.05) is 0 Å². The number of anilines is 2. The Labute approximate surface area is 637 Å². The van der Waals surface area contributed by atoms with Crippen LogP contribution in [0.3, 0.4) is 0 Å². The van der Waals surface area contributed by atoms with E-state index in [9.17, 15) is 78.8 Å². The molecule has 0 aliphatic carbocycles. The quantitative estimate of drug-likeness (QED) is 0.00764. The lowest BCUT2D eigenvalue weighted by atomic mass is 9.93. The largest absolute Gasteiger partial charge is 1.00 e. The molecule has 0 radical (unpaired) electrons. The molecular formula is C65H104Cl3N17O22. The first-order chi connectivity index (χ1) is 50.2. The average Bonchev–Trinajstić information content (AvgIpc) is 0.847. The Morgan fingerprint density at radius 2 is 0.897 bits per heavy atom. The van der Waals surface area contributed by atoms with Crippen LogP contribution in [-0.2, 0) is 66.8 Å². The van der Waals surface area contributed by atoms with E-state index < -0.39 is 55.2 Å². The Balaban J connectivity index is 0. The van der Waals surface area contributed by atoms with Gasteiger partial charge in [0.25, 0.3) is 28.7 Å².